The summed E-state index contributed by atoms with van der Waals surface area (Å²) in [6, 6.07) is 2.71. The van der Waals surface area contributed by atoms with Crippen molar-refractivity contribution in [2.75, 3.05) is 6.26 Å². The fraction of sp³-hybridized carbons (Fsp3) is 0.900. The van der Waals surface area contributed by atoms with Gasteiger partial charge in [-0.1, -0.05) is 6.92 Å². The van der Waals surface area contributed by atoms with Crippen molar-refractivity contribution >= 4 is 11.8 Å². The van der Waals surface area contributed by atoms with Crippen molar-refractivity contribution in [2.24, 2.45) is 0 Å². The van der Waals surface area contributed by atoms with Gasteiger partial charge in [-0.2, -0.15) is 17.0 Å². The first-order valence-corrected chi connectivity index (χ1v) is 5.94. The van der Waals surface area contributed by atoms with Crippen LogP contribution in [-0.2, 0) is 0 Å². The van der Waals surface area contributed by atoms with Gasteiger partial charge in [-0.3, -0.25) is 5.32 Å². The second kappa shape index (κ2) is 5.51. The van der Waals surface area contributed by atoms with Crippen molar-refractivity contribution in [1.29, 1.82) is 5.26 Å². The molecule has 0 fully saturated rings. The predicted molar refractivity (Wildman–Crippen MR) is 59.9 cm³/mol. The largest absolute Gasteiger partial charge is 0.297 e. The predicted octanol–water partition coefficient (Wildman–Crippen LogP) is 2.41. The van der Waals surface area contributed by atoms with Crippen LogP contribution in [0.4, 0.5) is 0 Å². The van der Waals surface area contributed by atoms with Crippen molar-refractivity contribution in [2.45, 2.75) is 50.9 Å². The lowest BCUT2D eigenvalue weighted by Crippen LogP contribution is -2.46. The number of rotatable bonds is 5. The van der Waals surface area contributed by atoms with E-state index in [9.17, 15) is 0 Å². The van der Waals surface area contributed by atoms with Crippen molar-refractivity contribution in [3.05, 3.63) is 0 Å². The molecule has 0 aromatic rings. The Balaban J connectivity index is 4.21. The summed E-state index contributed by atoms with van der Waals surface area (Å²) >= 11 is 1.80. The molecule has 0 radical (unpaired) electrons. The van der Waals surface area contributed by atoms with E-state index in [-0.39, 0.29) is 5.54 Å². The number of hydrogen-bond acceptors (Lipinski definition) is 3. The number of thioether (sulfide) groups is 1. The SMILES string of the molecule is CSC(C)CC(C)(C#N)NC(C)C. The second-order valence-corrected chi connectivity index (χ2v) is 5.27. The summed E-state index contributed by atoms with van der Waals surface area (Å²) in [5, 5.41) is 12.9. The van der Waals surface area contributed by atoms with Crippen LogP contribution in [0.5, 0.6) is 0 Å². The lowest BCUT2D eigenvalue weighted by atomic mass is 9.97. The monoisotopic (exact) mass is 200 g/mol. The molecule has 76 valence electrons. The minimum Gasteiger partial charge on any atom is -0.297 e. The molecule has 0 amide bonds. The van der Waals surface area contributed by atoms with Gasteiger partial charge in [0, 0.05) is 11.3 Å². The van der Waals surface area contributed by atoms with Gasteiger partial charge in [0.2, 0.25) is 0 Å². The van der Waals surface area contributed by atoms with Gasteiger partial charge in [0.25, 0.3) is 0 Å². The van der Waals surface area contributed by atoms with E-state index in [4.69, 9.17) is 5.26 Å². The first kappa shape index (κ1) is 12.8. The molecule has 0 saturated heterocycles. The number of nitriles is 1. The summed E-state index contributed by atoms with van der Waals surface area (Å²) in [6.07, 6.45) is 2.97. The average Bonchev–Trinajstić information content (AvgIpc) is 2.02. The molecule has 2 nitrogen and oxygen atoms in total. The van der Waals surface area contributed by atoms with Crippen LogP contribution in [0.25, 0.3) is 0 Å². The number of nitrogens with one attached hydrogen (secondary N) is 1. The second-order valence-electron chi connectivity index (χ2n) is 3.99. The zero-order chi connectivity index (χ0) is 10.5. The van der Waals surface area contributed by atoms with Crippen molar-refractivity contribution in [3.8, 4) is 6.07 Å². The van der Waals surface area contributed by atoms with Crippen LogP contribution in [0, 0.1) is 11.3 Å². The molecular formula is C10H20N2S. The minimum absolute atomic E-state index is 0.360. The van der Waals surface area contributed by atoms with Crippen LogP contribution >= 0.6 is 11.8 Å². The maximum Gasteiger partial charge on any atom is 0.105 e. The van der Waals surface area contributed by atoms with Gasteiger partial charge >= 0.3 is 0 Å². The van der Waals surface area contributed by atoms with Crippen LogP contribution in [-0.4, -0.2) is 23.1 Å². The smallest absolute Gasteiger partial charge is 0.105 e. The molecule has 0 spiro atoms. The first-order chi connectivity index (χ1) is 5.93. The molecule has 0 aliphatic heterocycles. The third kappa shape index (κ3) is 5.17. The maximum atomic E-state index is 9.06. The number of hydrogen-bond donors (Lipinski definition) is 1. The van der Waals surface area contributed by atoms with E-state index in [1.807, 2.05) is 6.92 Å². The molecule has 0 aliphatic rings. The number of nitrogens with zero attached hydrogens (tertiary/aromatic N) is 1. The Morgan fingerprint density at radius 3 is 2.31 bits per heavy atom. The van der Waals surface area contributed by atoms with Gasteiger partial charge in [0.15, 0.2) is 0 Å². The maximum absolute atomic E-state index is 9.06. The summed E-state index contributed by atoms with van der Waals surface area (Å²) in [4.78, 5) is 0. The normalized spacial score (nSPS) is 17.9. The summed E-state index contributed by atoms with van der Waals surface area (Å²) in [7, 11) is 0. The minimum atomic E-state index is -0.378. The Hall–Kier alpha value is -0.200. The van der Waals surface area contributed by atoms with Crippen LogP contribution in [0.2, 0.25) is 0 Å². The standard InChI is InChI=1S/C10H20N2S/c1-8(2)12-10(4,7-11)6-9(3)13-5/h8-9,12H,6H2,1-5H3. The van der Waals surface area contributed by atoms with Crippen molar-refractivity contribution < 1.29 is 0 Å². The van der Waals surface area contributed by atoms with E-state index in [0.717, 1.165) is 6.42 Å². The highest BCUT2D eigenvalue weighted by molar-refractivity contribution is 7.99. The van der Waals surface area contributed by atoms with Gasteiger partial charge in [0.05, 0.1) is 6.07 Å². The van der Waals surface area contributed by atoms with Crippen molar-refractivity contribution in [1.82, 2.24) is 5.32 Å². The van der Waals surface area contributed by atoms with Gasteiger partial charge in [0.1, 0.15) is 5.54 Å². The zero-order valence-electron chi connectivity index (χ0n) is 9.22. The van der Waals surface area contributed by atoms with Crippen LogP contribution < -0.4 is 5.32 Å². The van der Waals surface area contributed by atoms with Crippen LogP contribution in [0.3, 0.4) is 0 Å². The Morgan fingerprint density at radius 1 is 1.46 bits per heavy atom. The molecule has 0 saturated carbocycles. The lowest BCUT2D eigenvalue weighted by molar-refractivity contribution is 0.382. The third-order valence-electron chi connectivity index (χ3n) is 1.95. The van der Waals surface area contributed by atoms with E-state index in [1.54, 1.807) is 11.8 Å². The van der Waals surface area contributed by atoms with Gasteiger partial charge in [-0.05, 0) is 33.4 Å². The Bertz CT molecular complexity index is 186. The van der Waals surface area contributed by atoms with E-state index >= 15 is 0 Å². The van der Waals surface area contributed by atoms with E-state index < -0.39 is 0 Å². The molecule has 0 aromatic carbocycles. The fourth-order valence-electron chi connectivity index (χ4n) is 1.43. The Kier molecular flexibility index (Phi) is 5.43. The molecule has 0 rings (SSSR count). The fourth-order valence-corrected chi connectivity index (χ4v) is 1.93. The highest BCUT2D eigenvalue weighted by Crippen LogP contribution is 2.19. The summed E-state index contributed by atoms with van der Waals surface area (Å²) < 4.78 is 0. The van der Waals surface area contributed by atoms with Crippen molar-refractivity contribution in [3.63, 3.8) is 0 Å². The Morgan fingerprint density at radius 2 is 2.00 bits per heavy atom. The molecule has 2 atom stereocenters. The molecule has 0 bridgehead atoms. The molecule has 0 aliphatic carbocycles. The highest BCUT2D eigenvalue weighted by atomic mass is 32.2. The molecule has 0 heterocycles. The summed E-state index contributed by atoms with van der Waals surface area (Å²) in [5.41, 5.74) is -0.378. The zero-order valence-corrected chi connectivity index (χ0v) is 10.0. The topological polar surface area (TPSA) is 35.8 Å². The summed E-state index contributed by atoms with van der Waals surface area (Å²) in [6.45, 7) is 8.26. The van der Waals surface area contributed by atoms with Crippen LogP contribution in [0.1, 0.15) is 34.1 Å². The quantitative estimate of drug-likeness (QED) is 0.740. The molecule has 1 N–H and O–H groups in total. The Labute approximate surface area is 86.1 Å². The molecule has 13 heavy (non-hydrogen) atoms. The molecule has 0 aromatic heterocycles. The highest BCUT2D eigenvalue weighted by Gasteiger charge is 2.26. The van der Waals surface area contributed by atoms with Crippen LogP contribution in [0.15, 0.2) is 0 Å². The van der Waals surface area contributed by atoms with Gasteiger partial charge in [-0.15, -0.1) is 0 Å². The van der Waals surface area contributed by atoms with Gasteiger partial charge < -0.3 is 0 Å². The average molecular weight is 200 g/mol. The van der Waals surface area contributed by atoms with Gasteiger partial charge in [-0.25, -0.2) is 0 Å². The summed E-state index contributed by atoms with van der Waals surface area (Å²) in [5.74, 6) is 0. The molecule has 2 unspecified atom stereocenters. The van der Waals surface area contributed by atoms with E-state index in [2.05, 4.69) is 38.4 Å². The van der Waals surface area contributed by atoms with E-state index in [1.165, 1.54) is 0 Å². The molecular weight excluding hydrogens is 180 g/mol. The molecule has 3 heteroatoms. The first-order valence-electron chi connectivity index (χ1n) is 4.65. The lowest BCUT2D eigenvalue weighted by Gasteiger charge is -2.28. The third-order valence-corrected chi connectivity index (χ3v) is 2.92. The van der Waals surface area contributed by atoms with E-state index in [0.29, 0.717) is 11.3 Å².